The molecule has 0 radical (unpaired) electrons. The van der Waals surface area contributed by atoms with E-state index in [1.165, 1.54) is 11.3 Å². The fourth-order valence-electron chi connectivity index (χ4n) is 8.98. The van der Waals surface area contributed by atoms with Gasteiger partial charge in [-0.15, -0.1) is 0 Å². The number of aryl methyl sites for hydroxylation is 2. The number of carbonyl (C=O) groups is 2. The van der Waals surface area contributed by atoms with Crippen LogP contribution in [0.5, 0.6) is 17.2 Å². The van der Waals surface area contributed by atoms with Crippen molar-refractivity contribution in [2.24, 2.45) is 10.9 Å². The number of hydrogen-bond acceptors (Lipinski definition) is 8. The number of carbonyl (C=O) groups excluding carboxylic acids is 2. The highest BCUT2D eigenvalue weighted by molar-refractivity contribution is 7.99. The van der Waals surface area contributed by atoms with Crippen LogP contribution >= 0.6 is 24.4 Å². The number of amides is 1. The second-order valence-corrected chi connectivity index (χ2v) is 18.8. The van der Waals surface area contributed by atoms with Crippen LogP contribution < -0.4 is 23.7 Å². The van der Waals surface area contributed by atoms with Gasteiger partial charge in [0.15, 0.2) is 23.4 Å². The number of para-hydroxylation sites is 1. The van der Waals surface area contributed by atoms with Crippen LogP contribution in [-0.4, -0.2) is 41.6 Å². The zero-order valence-corrected chi connectivity index (χ0v) is 35.1. The summed E-state index contributed by atoms with van der Waals surface area (Å²) in [5.74, 6) is 3.96. The SMILES string of the molecule is COc1cc2c(cc1OCc1cc(COc3cc4c(cc3C)C(=O)N3c5ccccc5C[C@H]3C=N4)cc(CSCC(C)(C)S)c1)CC[C@@H]1Cc3cccc[n+]3C1C2=O. The lowest BCUT2D eigenvalue weighted by molar-refractivity contribution is -0.705. The summed E-state index contributed by atoms with van der Waals surface area (Å²) in [5.41, 5.74) is 10.3. The summed E-state index contributed by atoms with van der Waals surface area (Å²) in [4.78, 5) is 34.6. The van der Waals surface area contributed by atoms with E-state index in [1.807, 2.05) is 90.6 Å². The van der Waals surface area contributed by atoms with Gasteiger partial charge in [-0.1, -0.05) is 50.2 Å². The van der Waals surface area contributed by atoms with Gasteiger partial charge in [0.1, 0.15) is 19.0 Å². The third kappa shape index (κ3) is 7.52. The molecule has 3 aliphatic heterocycles. The normalized spacial score (nSPS) is 19.0. The summed E-state index contributed by atoms with van der Waals surface area (Å²) in [5, 5.41) is 0. The lowest BCUT2D eigenvalue weighted by Crippen LogP contribution is -2.43. The van der Waals surface area contributed by atoms with Crippen LogP contribution in [0.25, 0.3) is 0 Å². The number of fused-ring (bicyclic) bond motifs is 8. The number of pyridine rings is 1. The molecule has 8 nitrogen and oxygen atoms in total. The van der Waals surface area contributed by atoms with E-state index in [0.717, 1.165) is 76.3 Å². The molecule has 0 bridgehead atoms. The number of aromatic nitrogens is 1. The summed E-state index contributed by atoms with van der Waals surface area (Å²) in [6.45, 7) is 6.88. The third-order valence-corrected chi connectivity index (χ3v) is 13.5. The number of thiol groups is 1. The minimum atomic E-state index is -0.191. The van der Waals surface area contributed by atoms with Gasteiger partial charge in [-0.2, -0.15) is 29.0 Å². The zero-order valence-electron chi connectivity index (χ0n) is 33.4. The summed E-state index contributed by atoms with van der Waals surface area (Å²) in [6, 6.07) is 28.2. The minimum Gasteiger partial charge on any atom is -0.493 e. The molecule has 1 aliphatic carbocycles. The second kappa shape index (κ2) is 15.6. The van der Waals surface area contributed by atoms with E-state index in [1.54, 1.807) is 7.11 Å². The van der Waals surface area contributed by atoms with Crippen LogP contribution in [0, 0.1) is 12.8 Å². The van der Waals surface area contributed by atoms with Crippen LogP contribution in [0.3, 0.4) is 0 Å². The average molecular weight is 811 g/mol. The quantitative estimate of drug-likeness (QED) is 0.106. The molecular formula is C48H48N3O5S2+. The van der Waals surface area contributed by atoms with Crippen LogP contribution in [-0.2, 0) is 38.2 Å². The molecule has 4 aliphatic rings. The first-order valence-corrected chi connectivity index (χ1v) is 21.6. The average Bonchev–Trinajstić information content (AvgIpc) is 3.70. The van der Waals surface area contributed by atoms with Crippen molar-refractivity contribution in [1.82, 2.24) is 0 Å². The predicted octanol–water partition coefficient (Wildman–Crippen LogP) is 9.22. The maximum absolute atomic E-state index is 14.1. The fourth-order valence-corrected chi connectivity index (χ4v) is 10.3. The molecule has 3 atom stereocenters. The highest BCUT2D eigenvalue weighted by Crippen LogP contribution is 2.41. The lowest BCUT2D eigenvalue weighted by atomic mass is 9.93. The van der Waals surface area contributed by atoms with Crippen LogP contribution in [0.1, 0.15) is 86.1 Å². The van der Waals surface area contributed by atoms with Crippen molar-refractivity contribution in [2.45, 2.75) is 82.3 Å². The van der Waals surface area contributed by atoms with Gasteiger partial charge in [0.25, 0.3) is 5.91 Å². The second-order valence-electron chi connectivity index (χ2n) is 16.6. The molecule has 1 amide bonds. The summed E-state index contributed by atoms with van der Waals surface area (Å²) >= 11 is 6.59. The number of rotatable bonds is 11. The molecule has 4 heterocycles. The van der Waals surface area contributed by atoms with Crippen molar-refractivity contribution in [3.63, 3.8) is 0 Å². The van der Waals surface area contributed by atoms with E-state index in [-0.39, 0.29) is 34.4 Å². The van der Waals surface area contributed by atoms with Crippen LogP contribution in [0.4, 0.5) is 11.4 Å². The monoisotopic (exact) mass is 810 g/mol. The molecule has 5 aromatic rings. The molecule has 4 aromatic carbocycles. The molecular weight excluding hydrogens is 763 g/mol. The highest BCUT2D eigenvalue weighted by atomic mass is 32.2. The number of benzene rings is 4. The highest BCUT2D eigenvalue weighted by Gasteiger charge is 2.47. The van der Waals surface area contributed by atoms with Crippen molar-refractivity contribution in [3.05, 3.63) is 141 Å². The van der Waals surface area contributed by atoms with Crippen molar-refractivity contribution >= 4 is 53.7 Å². The standard InChI is InChI=1S/C48H47N3O5S2/c1-29-15-39-40(49-24-37-19-34-9-5-6-11-41(34)51(37)47(39)53)23-42(29)55-25-30-16-31(18-32(17-30)27-58-28-48(2,3)57)26-56-44-21-33-12-13-35-20-36-10-7-8-14-50(36)45(35)46(52)38(33)22-43(44)54-4/h5-11,14-18,21-24,35,37,45H,12-13,19-20,25-28H2,1-4H3/p+1/t35-,37+,45?/m1/s1. The molecule has 58 heavy (non-hydrogen) atoms. The van der Waals surface area contributed by atoms with E-state index in [0.29, 0.717) is 41.7 Å². The molecule has 10 heteroatoms. The Morgan fingerprint density at radius 3 is 2.41 bits per heavy atom. The maximum atomic E-state index is 14.1. The predicted molar refractivity (Wildman–Crippen MR) is 233 cm³/mol. The number of nitrogens with zero attached hydrogens (tertiary/aromatic N) is 3. The summed E-state index contributed by atoms with van der Waals surface area (Å²) < 4.78 is 21.0. The van der Waals surface area contributed by atoms with E-state index in [2.05, 4.69) is 48.7 Å². The molecule has 0 N–H and O–H groups in total. The van der Waals surface area contributed by atoms with Crippen molar-refractivity contribution in [2.75, 3.05) is 17.8 Å². The topological polar surface area (TPSA) is 81.3 Å². The Hall–Kier alpha value is -5.06. The Balaban J connectivity index is 0.948. The number of methoxy groups -OCH3 is 1. The lowest BCUT2D eigenvalue weighted by Gasteiger charge is -2.22. The van der Waals surface area contributed by atoms with Gasteiger partial charge in [0, 0.05) is 70.7 Å². The van der Waals surface area contributed by atoms with E-state index < -0.39 is 0 Å². The Morgan fingerprint density at radius 1 is 0.862 bits per heavy atom. The molecule has 0 fully saturated rings. The number of anilines is 1. The first kappa shape index (κ1) is 38.5. The number of ether oxygens (including phenoxy) is 3. The van der Waals surface area contributed by atoms with Crippen molar-refractivity contribution in [3.8, 4) is 17.2 Å². The summed E-state index contributed by atoms with van der Waals surface area (Å²) in [7, 11) is 1.63. The van der Waals surface area contributed by atoms with Gasteiger partial charge in [-0.05, 0) is 83.5 Å². The van der Waals surface area contributed by atoms with E-state index in [4.69, 9.17) is 31.8 Å². The van der Waals surface area contributed by atoms with Gasteiger partial charge >= 0.3 is 0 Å². The number of thioether (sulfide) groups is 1. The minimum absolute atomic E-state index is 0.0404. The Bertz CT molecular complexity index is 2470. The molecule has 9 rings (SSSR count). The molecule has 0 saturated heterocycles. The van der Waals surface area contributed by atoms with E-state index in [9.17, 15) is 9.59 Å². The Labute approximate surface area is 350 Å². The number of Topliss-reactive ketones (excluding diaryl/α,β-unsaturated/α-hetero) is 1. The number of hydrogen-bond donors (Lipinski definition) is 1. The van der Waals surface area contributed by atoms with Gasteiger partial charge in [0.05, 0.1) is 24.4 Å². The fraction of sp³-hybridized carbons (Fsp3) is 0.333. The van der Waals surface area contributed by atoms with E-state index >= 15 is 0 Å². The first-order valence-electron chi connectivity index (χ1n) is 20.0. The van der Waals surface area contributed by atoms with Crippen LogP contribution in [0.2, 0.25) is 0 Å². The molecule has 296 valence electrons. The molecule has 0 spiro atoms. The molecule has 1 aromatic heterocycles. The third-order valence-electron chi connectivity index (χ3n) is 11.7. The van der Waals surface area contributed by atoms with Crippen LogP contribution in [0.15, 0.2) is 96.1 Å². The Kier molecular flexibility index (Phi) is 10.3. The maximum Gasteiger partial charge on any atom is 0.261 e. The van der Waals surface area contributed by atoms with Crippen molar-refractivity contribution in [1.29, 1.82) is 0 Å². The first-order chi connectivity index (χ1) is 28.0. The van der Waals surface area contributed by atoms with Gasteiger partial charge in [-0.3, -0.25) is 19.5 Å². The van der Waals surface area contributed by atoms with Gasteiger partial charge in [-0.25, -0.2) is 0 Å². The summed E-state index contributed by atoms with van der Waals surface area (Å²) in [6.07, 6.45) is 7.33. The molecule has 1 unspecified atom stereocenters. The number of aliphatic imine (C=N–C) groups is 1. The molecule has 0 saturated carbocycles. The Morgan fingerprint density at radius 2 is 1.62 bits per heavy atom. The number of ketones is 1. The van der Waals surface area contributed by atoms with Gasteiger partial charge in [0.2, 0.25) is 11.8 Å². The smallest absolute Gasteiger partial charge is 0.261 e. The largest absolute Gasteiger partial charge is 0.493 e. The zero-order chi connectivity index (χ0) is 40.1. The van der Waals surface area contributed by atoms with Gasteiger partial charge < -0.3 is 14.2 Å². The van der Waals surface area contributed by atoms with Crippen molar-refractivity contribution < 1.29 is 28.4 Å².